The van der Waals surface area contributed by atoms with E-state index in [2.05, 4.69) is 13.8 Å². The number of ether oxygens (including phenoxy) is 2. The lowest BCUT2D eigenvalue weighted by atomic mass is 9.97. The third-order valence-electron chi connectivity index (χ3n) is 4.57. The van der Waals surface area contributed by atoms with Crippen LogP contribution in [0.3, 0.4) is 0 Å². The Labute approximate surface area is 165 Å². The number of carbonyl (C=O) groups is 2. The van der Waals surface area contributed by atoms with Crippen LogP contribution in [0, 0.1) is 5.92 Å². The van der Waals surface area contributed by atoms with Crippen LogP contribution in [0.1, 0.15) is 37.8 Å². The average Bonchev–Trinajstić information content (AvgIpc) is 2.87. The lowest BCUT2D eigenvalue weighted by Gasteiger charge is -2.26. The third kappa shape index (κ3) is 5.25. The van der Waals surface area contributed by atoms with Crippen molar-refractivity contribution in [2.75, 3.05) is 20.6 Å². The van der Waals surface area contributed by atoms with E-state index in [4.69, 9.17) is 9.47 Å². The van der Waals surface area contributed by atoms with Crippen LogP contribution in [-0.4, -0.2) is 59.9 Å². The maximum Gasteiger partial charge on any atom is 0.378 e. The highest BCUT2D eigenvalue weighted by molar-refractivity contribution is 5.89. The van der Waals surface area contributed by atoms with Gasteiger partial charge < -0.3 is 24.6 Å². The van der Waals surface area contributed by atoms with Crippen LogP contribution < -0.4 is 0 Å². The number of aliphatic hydroxyl groups excluding tert-OH is 2. The maximum absolute atomic E-state index is 12.7. The molecule has 0 radical (unpaired) electrons. The Morgan fingerprint density at radius 2 is 1.79 bits per heavy atom. The summed E-state index contributed by atoms with van der Waals surface area (Å²) in [6.45, 7) is 6.24. The lowest BCUT2D eigenvalue weighted by molar-refractivity contribution is -0.164. The first-order chi connectivity index (χ1) is 13.1. The van der Waals surface area contributed by atoms with Crippen molar-refractivity contribution >= 4 is 11.9 Å². The summed E-state index contributed by atoms with van der Waals surface area (Å²) < 4.78 is 10.5. The van der Waals surface area contributed by atoms with E-state index in [0.29, 0.717) is 5.92 Å². The summed E-state index contributed by atoms with van der Waals surface area (Å²) in [6.07, 6.45) is -1.20. The van der Waals surface area contributed by atoms with Crippen LogP contribution in [0.2, 0.25) is 0 Å². The zero-order chi connectivity index (χ0) is 21.0. The highest BCUT2D eigenvalue weighted by Gasteiger charge is 2.42. The molecule has 0 bridgehead atoms. The van der Waals surface area contributed by atoms with Gasteiger partial charge in [-0.1, -0.05) is 38.1 Å². The molecule has 154 valence electrons. The summed E-state index contributed by atoms with van der Waals surface area (Å²) in [5, 5.41) is 19.5. The van der Waals surface area contributed by atoms with Gasteiger partial charge in [-0.15, -0.1) is 0 Å². The van der Waals surface area contributed by atoms with Crippen LogP contribution in [0.4, 0.5) is 0 Å². The Morgan fingerprint density at radius 1 is 1.18 bits per heavy atom. The fourth-order valence-corrected chi connectivity index (χ4v) is 3.07. The zero-order valence-corrected chi connectivity index (χ0v) is 17.0. The molecule has 3 atom stereocenters. The molecule has 1 aliphatic heterocycles. The van der Waals surface area contributed by atoms with Crippen molar-refractivity contribution in [1.29, 1.82) is 0 Å². The highest BCUT2D eigenvalue weighted by atomic mass is 16.6. The van der Waals surface area contributed by atoms with Gasteiger partial charge in [0.15, 0.2) is 11.9 Å². The third-order valence-corrected chi connectivity index (χ3v) is 4.57. The van der Waals surface area contributed by atoms with Crippen LogP contribution >= 0.6 is 0 Å². The zero-order valence-electron chi connectivity index (χ0n) is 17.0. The molecule has 2 N–H and O–H groups in total. The second-order valence-corrected chi connectivity index (χ2v) is 7.86. The van der Waals surface area contributed by atoms with Gasteiger partial charge in [0.2, 0.25) is 11.9 Å². The Bertz CT molecular complexity index is 738. The van der Waals surface area contributed by atoms with Crippen molar-refractivity contribution in [2.24, 2.45) is 5.92 Å². The summed E-state index contributed by atoms with van der Waals surface area (Å²) in [7, 11) is 3.52. The molecule has 0 saturated heterocycles. The van der Waals surface area contributed by atoms with E-state index in [1.165, 1.54) is 5.56 Å². The first-order valence-corrected chi connectivity index (χ1v) is 9.37. The normalized spacial score (nSPS) is 19.1. The molecule has 0 fully saturated rings. The number of nitrogens with zero attached hydrogens (tertiary/aromatic N) is 1. The highest BCUT2D eigenvalue weighted by Crippen LogP contribution is 2.26. The molecular weight excluding hydrogens is 362 g/mol. The van der Waals surface area contributed by atoms with Gasteiger partial charge in [0.1, 0.15) is 0 Å². The second-order valence-electron chi connectivity index (χ2n) is 7.86. The molecule has 1 unspecified atom stereocenters. The predicted molar refractivity (Wildman–Crippen MR) is 104 cm³/mol. The van der Waals surface area contributed by atoms with Gasteiger partial charge in [0, 0.05) is 6.54 Å². The standard InChI is InChI=1S/C21H29NO6/c1-12(2)10-14-6-8-15(9-7-14)13(3)20(25)27-16(11-22(4)5)19-17(23)18(24)21(26)28-19/h6-9,12-13,16,19,23-24H,10-11H2,1-5H3/t13?,16-,19+/m0/s1. The Morgan fingerprint density at radius 3 is 2.25 bits per heavy atom. The molecule has 1 aliphatic rings. The first-order valence-electron chi connectivity index (χ1n) is 9.37. The molecule has 7 nitrogen and oxygen atoms in total. The van der Waals surface area contributed by atoms with Gasteiger partial charge in [0.25, 0.3) is 0 Å². The number of rotatable bonds is 8. The molecule has 0 aromatic heterocycles. The van der Waals surface area contributed by atoms with Crippen LogP contribution in [0.5, 0.6) is 0 Å². The Hall–Kier alpha value is -2.54. The fraction of sp³-hybridized carbons (Fsp3) is 0.524. The van der Waals surface area contributed by atoms with E-state index in [1.54, 1.807) is 25.9 Å². The summed E-state index contributed by atoms with van der Waals surface area (Å²) in [5.41, 5.74) is 2.01. The minimum atomic E-state index is -1.22. The molecule has 1 heterocycles. The molecule has 0 saturated carbocycles. The van der Waals surface area contributed by atoms with Crippen molar-refractivity contribution < 1.29 is 29.3 Å². The van der Waals surface area contributed by atoms with Crippen molar-refractivity contribution in [3.8, 4) is 0 Å². The minimum Gasteiger partial charge on any atom is -0.505 e. The Balaban J connectivity index is 2.11. The van der Waals surface area contributed by atoms with Crippen LogP contribution in [0.25, 0.3) is 0 Å². The number of likely N-dealkylation sites (N-methyl/N-ethyl adjacent to an activating group) is 1. The van der Waals surface area contributed by atoms with Gasteiger partial charge in [-0.2, -0.15) is 0 Å². The number of carbonyl (C=O) groups excluding carboxylic acids is 2. The topological polar surface area (TPSA) is 96.3 Å². The number of benzene rings is 1. The lowest BCUT2D eigenvalue weighted by Crippen LogP contribution is -2.41. The monoisotopic (exact) mass is 391 g/mol. The quantitative estimate of drug-likeness (QED) is 0.658. The molecule has 0 spiro atoms. The molecule has 28 heavy (non-hydrogen) atoms. The van der Waals surface area contributed by atoms with Crippen LogP contribution in [-0.2, 0) is 25.5 Å². The average molecular weight is 391 g/mol. The van der Waals surface area contributed by atoms with Crippen molar-refractivity contribution in [2.45, 2.75) is 45.3 Å². The van der Waals surface area contributed by atoms with E-state index >= 15 is 0 Å². The van der Waals surface area contributed by atoms with Gasteiger partial charge >= 0.3 is 11.9 Å². The van der Waals surface area contributed by atoms with Crippen LogP contribution in [0.15, 0.2) is 35.8 Å². The number of hydrogen-bond donors (Lipinski definition) is 2. The molecule has 1 aromatic rings. The van der Waals surface area contributed by atoms with E-state index < -0.39 is 41.6 Å². The van der Waals surface area contributed by atoms with Gasteiger partial charge in [-0.05, 0) is 44.5 Å². The van der Waals surface area contributed by atoms with E-state index in [9.17, 15) is 19.8 Å². The molecule has 1 aromatic carbocycles. The van der Waals surface area contributed by atoms with E-state index in [0.717, 1.165) is 12.0 Å². The fourth-order valence-electron chi connectivity index (χ4n) is 3.07. The minimum absolute atomic E-state index is 0.209. The molecule has 2 rings (SSSR count). The Kier molecular flexibility index (Phi) is 7.07. The SMILES string of the molecule is CC(C)Cc1ccc(C(C)C(=O)O[C@@H](CN(C)C)[C@H]2OC(=O)C(O)=C2O)cc1. The van der Waals surface area contributed by atoms with Crippen molar-refractivity contribution in [3.05, 3.63) is 46.9 Å². The van der Waals surface area contributed by atoms with E-state index in [1.807, 2.05) is 24.3 Å². The summed E-state index contributed by atoms with van der Waals surface area (Å²) in [5.74, 6) is -2.98. The van der Waals surface area contributed by atoms with Gasteiger partial charge in [-0.25, -0.2) is 4.79 Å². The molecular formula is C21H29NO6. The second kappa shape index (κ2) is 9.10. The van der Waals surface area contributed by atoms with Crippen molar-refractivity contribution in [3.63, 3.8) is 0 Å². The smallest absolute Gasteiger partial charge is 0.378 e. The number of cyclic esters (lactones) is 1. The molecule has 7 heteroatoms. The maximum atomic E-state index is 12.7. The predicted octanol–water partition coefficient (Wildman–Crippen LogP) is 2.71. The summed E-state index contributed by atoms with van der Waals surface area (Å²) in [6, 6.07) is 7.82. The van der Waals surface area contributed by atoms with E-state index in [-0.39, 0.29) is 6.54 Å². The van der Waals surface area contributed by atoms with Gasteiger partial charge in [-0.3, -0.25) is 4.79 Å². The molecule has 0 amide bonds. The number of esters is 2. The van der Waals surface area contributed by atoms with Crippen molar-refractivity contribution in [1.82, 2.24) is 4.90 Å². The van der Waals surface area contributed by atoms with Gasteiger partial charge in [0.05, 0.1) is 5.92 Å². The first kappa shape index (κ1) is 21.8. The summed E-state index contributed by atoms with van der Waals surface area (Å²) >= 11 is 0. The summed E-state index contributed by atoms with van der Waals surface area (Å²) in [4.78, 5) is 25.9. The number of hydrogen-bond acceptors (Lipinski definition) is 7. The number of aliphatic hydroxyl groups is 2. The largest absolute Gasteiger partial charge is 0.505 e. The molecule has 0 aliphatic carbocycles.